The van der Waals surface area contributed by atoms with Crippen molar-refractivity contribution in [3.63, 3.8) is 0 Å². The van der Waals surface area contributed by atoms with Gasteiger partial charge in [-0.1, -0.05) is 60.5 Å². The van der Waals surface area contributed by atoms with Crippen LogP contribution in [0.3, 0.4) is 0 Å². The van der Waals surface area contributed by atoms with Crippen molar-refractivity contribution >= 4 is 35.1 Å². The molecule has 2 aliphatic heterocycles. The van der Waals surface area contributed by atoms with Gasteiger partial charge >= 0.3 is 0 Å². The summed E-state index contributed by atoms with van der Waals surface area (Å²) in [7, 11) is 0. The van der Waals surface area contributed by atoms with Gasteiger partial charge in [0.1, 0.15) is 18.2 Å². The summed E-state index contributed by atoms with van der Waals surface area (Å²) in [6.07, 6.45) is 2.78. The molecule has 2 aliphatic rings. The number of fused-ring (bicyclic) bond motifs is 3. The van der Waals surface area contributed by atoms with Crippen molar-refractivity contribution in [1.29, 1.82) is 0 Å². The zero-order valence-corrected chi connectivity index (χ0v) is 20.0. The maximum absolute atomic E-state index is 13.2. The van der Waals surface area contributed by atoms with Gasteiger partial charge in [-0.3, -0.25) is 9.69 Å². The Labute approximate surface area is 203 Å². The van der Waals surface area contributed by atoms with Gasteiger partial charge in [0.15, 0.2) is 5.76 Å². The number of ketones is 1. The van der Waals surface area contributed by atoms with Gasteiger partial charge in [-0.15, -0.1) is 0 Å². The van der Waals surface area contributed by atoms with Crippen molar-refractivity contribution in [2.24, 2.45) is 0 Å². The average molecular weight is 480 g/mol. The van der Waals surface area contributed by atoms with Crippen LogP contribution in [0, 0.1) is 6.92 Å². The highest BCUT2D eigenvalue weighted by atomic mass is 35.5. The average Bonchev–Trinajstić information content (AvgIpc) is 3.13. The number of Topliss-reactive ketones (excluding diaryl/α,β-unsaturated/α-hetero) is 1. The molecule has 0 spiro atoms. The topological polar surface area (TPSA) is 38.8 Å². The van der Waals surface area contributed by atoms with Crippen LogP contribution in [-0.4, -0.2) is 17.4 Å². The number of rotatable bonds is 4. The van der Waals surface area contributed by atoms with Gasteiger partial charge in [0.25, 0.3) is 0 Å². The molecular formula is C27H23Cl2NO3. The summed E-state index contributed by atoms with van der Waals surface area (Å²) >= 11 is 12.4. The predicted molar refractivity (Wildman–Crippen MR) is 131 cm³/mol. The number of aryl methyl sites for hydroxylation is 2. The van der Waals surface area contributed by atoms with Crippen molar-refractivity contribution in [3.05, 3.63) is 97.7 Å². The second-order valence-electron chi connectivity index (χ2n) is 8.41. The van der Waals surface area contributed by atoms with Crippen molar-refractivity contribution in [1.82, 2.24) is 4.90 Å². The third kappa shape index (κ3) is 4.26. The Balaban J connectivity index is 1.44. The zero-order chi connectivity index (χ0) is 23.1. The van der Waals surface area contributed by atoms with Crippen LogP contribution < -0.4 is 9.47 Å². The van der Waals surface area contributed by atoms with Crippen LogP contribution in [0.1, 0.15) is 45.1 Å². The third-order valence-corrected chi connectivity index (χ3v) is 6.67. The molecule has 0 saturated heterocycles. The molecule has 6 heteroatoms. The summed E-state index contributed by atoms with van der Waals surface area (Å²) in [6.45, 7) is 5.64. The lowest BCUT2D eigenvalue weighted by molar-refractivity contribution is 0.0872. The molecule has 4 nitrogen and oxygen atoms in total. The van der Waals surface area contributed by atoms with E-state index < -0.39 is 0 Å². The number of allylic oxidation sites excluding steroid dienone is 1. The number of hydrogen-bond donors (Lipinski definition) is 0. The molecule has 0 atom stereocenters. The van der Waals surface area contributed by atoms with Gasteiger partial charge < -0.3 is 9.47 Å². The molecule has 0 aromatic heterocycles. The maximum Gasteiger partial charge on any atom is 0.232 e. The minimum atomic E-state index is -0.0947. The summed E-state index contributed by atoms with van der Waals surface area (Å²) in [5.74, 6) is 1.59. The number of ether oxygens (including phenoxy) is 2. The second kappa shape index (κ2) is 8.86. The lowest BCUT2D eigenvalue weighted by Crippen LogP contribution is -2.32. The van der Waals surface area contributed by atoms with Crippen LogP contribution in [0.5, 0.6) is 11.5 Å². The Kier molecular flexibility index (Phi) is 5.92. The molecule has 3 aromatic rings. The van der Waals surface area contributed by atoms with Gasteiger partial charge in [0.05, 0.1) is 11.1 Å². The normalized spacial score (nSPS) is 16.4. The van der Waals surface area contributed by atoms with Gasteiger partial charge in [0.2, 0.25) is 5.78 Å². The van der Waals surface area contributed by atoms with Crippen LogP contribution >= 0.6 is 23.2 Å². The summed E-state index contributed by atoms with van der Waals surface area (Å²) in [4.78, 5) is 15.3. The summed E-state index contributed by atoms with van der Waals surface area (Å²) in [6, 6.07) is 15.6. The van der Waals surface area contributed by atoms with Gasteiger partial charge in [-0.25, -0.2) is 0 Å². The van der Waals surface area contributed by atoms with E-state index in [1.165, 1.54) is 5.56 Å². The maximum atomic E-state index is 13.2. The van der Waals surface area contributed by atoms with E-state index in [4.69, 9.17) is 32.7 Å². The number of carbonyl (C=O) groups is 1. The summed E-state index contributed by atoms with van der Waals surface area (Å²) < 4.78 is 12.2. The Morgan fingerprint density at radius 3 is 2.61 bits per heavy atom. The number of nitrogens with zero attached hydrogens (tertiary/aromatic N) is 1. The van der Waals surface area contributed by atoms with Gasteiger partial charge in [0, 0.05) is 23.1 Å². The van der Waals surface area contributed by atoms with E-state index in [0.717, 1.165) is 34.4 Å². The first-order valence-corrected chi connectivity index (χ1v) is 11.7. The molecule has 0 N–H and O–H groups in total. The van der Waals surface area contributed by atoms with E-state index >= 15 is 0 Å². The number of halogens is 2. The fourth-order valence-electron chi connectivity index (χ4n) is 4.27. The Hall–Kier alpha value is -2.79. The monoisotopic (exact) mass is 479 g/mol. The predicted octanol–water partition coefficient (Wildman–Crippen LogP) is 6.83. The molecule has 0 aliphatic carbocycles. The van der Waals surface area contributed by atoms with E-state index in [2.05, 4.69) is 24.0 Å². The SMILES string of the molecule is CCc1ccc(/C=C2\Oc3c4c(cc(C)c3C2=O)OCN(Cc2ccc(Cl)cc2Cl)C4)cc1. The lowest BCUT2D eigenvalue weighted by atomic mass is 9.98. The molecule has 0 amide bonds. The molecule has 168 valence electrons. The quantitative estimate of drug-likeness (QED) is 0.384. The van der Waals surface area contributed by atoms with Crippen LogP contribution in [-0.2, 0) is 19.5 Å². The molecule has 0 saturated carbocycles. The van der Waals surface area contributed by atoms with Crippen LogP contribution in [0.25, 0.3) is 6.08 Å². The lowest BCUT2D eigenvalue weighted by Gasteiger charge is -2.30. The van der Waals surface area contributed by atoms with Crippen molar-refractivity contribution < 1.29 is 14.3 Å². The number of benzene rings is 3. The molecule has 0 bridgehead atoms. The summed E-state index contributed by atoms with van der Waals surface area (Å²) in [5, 5.41) is 1.22. The first kappa shape index (κ1) is 22.0. The van der Waals surface area contributed by atoms with Crippen LogP contribution in [0.4, 0.5) is 0 Å². The highest BCUT2D eigenvalue weighted by molar-refractivity contribution is 6.35. The third-order valence-electron chi connectivity index (χ3n) is 6.08. The molecule has 2 heterocycles. The summed E-state index contributed by atoms with van der Waals surface area (Å²) in [5.41, 5.74) is 5.50. The van der Waals surface area contributed by atoms with E-state index in [0.29, 0.717) is 46.9 Å². The molecular weight excluding hydrogens is 457 g/mol. The molecule has 0 unspecified atom stereocenters. The van der Waals surface area contributed by atoms with E-state index in [1.807, 2.05) is 43.3 Å². The Morgan fingerprint density at radius 2 is 1.88 bits per heavy atom. The minimum Gasteiger partial charge on any atom is -0.478 e. The fraction of sp³-hybridized carbons (Fsp3) is 0.222. The van der Waals surface area contributed by atoms with Crippen LogP contribution in [0.15, 0.2) is 54.3 Å². The van der Waals surface area contributed by atoms with Crippen molar-refractivity contribution in [3.8, 4) is 11.5 Å². The molecule has 33 heavy (non-hydrogen) atoms. The first-order chi connectivity index (χ1) is 15.9. The smallest absolute Gasteiger partial charge is 0.232 e. The standard InChI is InChI=1S/C27H23Cl2NO3/c1-3-17-4-6-18(7-5-17)11-24-26(31)25-16(2)10-23-21(27(25)33-24)14-30(15-32-23)13-19-8-9-20(28)12-22(19)29/h4-12H,3,13-15H2,1-2H3/b24-11-. The Morgan fingerprint density at radius 1 is 1.09 bits per heavy atom. The molecule has 0 radical (unpaired) electrons. The molecule has 0 fully saturated rings. The highest BCUT2D eigenvalue weighted by Crippen LogP contribution is 2.44. The highest BCUT2D eigenvalue weighted by Gasteiger charge is 2.35. The zero-order valence-electron chi connectivity index (χ0n) is 18.5. The van der Waals surface area contributed by atoms with Crippen molar-refractivity contribution in [2.45, 2.75) is 33.4 Å². The Bertz CT molecular complexity index is 1280. The van der Waals surface area contributed by atoms with E-state index in [-0.39, 0.29) is 5.78 Å². The number of carbonyl (C=O) groups excluding carboxylic acids is 1. The van der Waals surface area contributed by atoms with Crippen LogP contribution in [0.2, 0.25) is 10.0 Å². The molecule has 3 aromatic carbocycles. The minimum absolute atomic E-state index is 0.0947. The largest absolute Gasteiger partial charge is 0.478 e. The van der Waals surface area contributed by atoms with Crippen molar-refractivity contribution in [2.75, 3.05) is 6.73 Å². The first-order valence-electron chi connectivity index (χ1n) is 10.9. The second-order valence-corrected chi connectivity index (χ2v) is 9.25. The number of hydrogen-bond acceptors (Lipinski definition) is 4. The molecule has 5 rings (SSSR count). The van der Waals surface area contributed by atoms with Gasteiger partial charge in [-0.05, 0) is 59.9 Å². The fourth-order valence-corrected chi connectivity index (χ4v) is 4.74. The van der Waals surface area contributed by atoms with E-state index in [9.17, 15) is 4.79 Å². The van der Waals surface area contributed by atoms with E-state index in [1.54, 1.807) is 6.07 Å². The van der Waals surface area contributed by atoms with Gasteiger partial charge in [-0.2, -0.15) is 0 Å².